The molecule has 0 fully saturated rings. The average Bonchev–Trinajstić information content (AvgIpc) is 2.58. The second-order valence-corrected chi connectivity index (χ2v) is 7.24. The number of nitrogens with one attached hydrogen (secondary N) is 1. The van der Waals surface area contributed by atoms with Crippen LogP contribution in [0.1, 0.15) is 12.0 Å². The Morgan fingerprint density at radius 3 is 2.71 bits per heavy atom. The minimum Gasteiger partial charge on any atom is -0.384 e. The second-order valence-electron chi connectivity index (χ2n) is 6.19. The Labute approximate surface area is 145 Å². The maximum Gasteiger partial charge on any atom is 0.197 e. The Bertz CT molecular complexity index is 918. The third-order valence-electron chi connectivity index (χ3n) is 4.13. The number of hydrogen-bond acceptors (Lipinski definition) is 5. The fourth-order valence-electron chi connectivity index (χ4n) is 2.88. The van der Waals surface area contributed by atoms with Crippen LogP contribution in [-0.2, 0) is 6.54 Å². The molecule has 24 heavy (non-hydrogen) atoms. The van der Waals surface area contributed by atoms with Gasteiger partial charge in [0.05, 0.1) is 5.39 Å². The lowest BCUT2D eigenvalue weighted by Gasteiger charge is -2.14. The first-order chi connectivity index (χ1) is 11.6. The zero-order chi connectivity index (χ0) is 17.1. The summed E-state index contributed by atoms with van der Waals surface area (Å²) in [5.74, 6) is 0. The first kappa shape index (κ1) is 16.9. The molecule has 0 aliphatic rings. The average molecular weight is 341 g/mol. The summed E-state index contributed by atoms with van der Waals surface area (Å²) < 4.78 is 2.01. The van der Waals surface area contributed by atoms with Crippen LogP contribution < -0.4 is 16.5 Å². The van der Waals surface area contributed by atoms with E-state index in [9.17, 15) is 4.79 Å². The highest BCUT2D eigenvalue weighted by atomic mass is 32.1. The van der Waals surface area contributed by atoms with E-state index >= 15 is 0 Å². The summed E-state index contributed by atoms with van der Waals surface area (Å²) in [4.78, 5) is 15.2. The van der Waals surface area contributed by atoms with E-state index in [1.54, 1.807) is 11.3 Å². The molecule has 1 heterocycles. The quantitative estimate of drug-likeness (QED) is 0.534. The maximum absolute atomic E-state index is 13.0. The van der Waals surface area contributed by atoms with Crippen molar-refractivity contribution >= 4 is 37.2 Å². The number of rotatable bonds is 6. The van der Waals surface area contributed by atoms with Gasteiger partial charge in [0.1, 0.15) is 0 Å². The SMILES string of the molecule is CN(C)CCCNc1ccc(CN)c2sc3ccccc3c(=O)c12. The summed E-state index contributed by atoms with van der Waals surface area (Å²) in [6.45, 7) is 2.29. The predicted octanol–water partition coefficient (Wildman–Crippen LogP) is 3.24. The molecule has 1 aromatic heterocycles. The molecule has 126 valence electrons. The Balaban J connectivity index is 2.09. The van der Waals surface area contributed by atoms with Gasteiger partial charge < -0.3 is 16.0 Å². The van der Waals surface area contributed by atoms with Gasteiger partial charge in [-0.1, -0.05) is 18.2 Å². The molecular formula is C19H23N3OS. The molecule has 3 aromatic rings. The fourth-order valence-corrected chi connectivity index (χ4v) is 4.11. The molecule has 0 unspecified atom stereocenters. The molecule has 0 saturated heterocycles. The van der Waals surface area contributed by atoms with Gasteiger partial charge in [-0.05, 0) is 50.8 Å². The molecule has 3 rings (SSSR count). The first-order valence-electron chi connectivity index (χ1n) is 8.18. The summed E-state index contributed by atoms with van der Waals surface area (Å²) in [5.41, 5.74) is 7.92. The molecule has 4 nitrogen and oxygen atoms in total. The molecule has 0 radical (unpaired) electrons. The molecule has 0 bridgehead atoms. The van der Waals surface area contributed by atoms with Crippen molar-refractivity contribution < 1.29 is 0 Å². The third-order valence-corrected chi connectivity index (χ3v) is 5.37. The van der Waals surface area contributed by atoms with Gasteiger partial charge in [0, 0.05) is 33.6 Å². The highest BCUT2D eigenvalue weighted by Crippen LogP contribution is 2.31. The third kappa shape index (κ3) is 3.29. The van der Waals surface area contributed by atoms with Crippen molar-refractivity contribution in [3.05, 3.63) is 52.2 Å². The van der Waals surface area contributed by atoms with E-state index in [0.29, 0.717) is 6.54 Å². The molecule has 0 aliphatic heterocycles. The standard InChI is InChI=1S/C19H23N3OS/c1-22(2)11-5-10-21-15-9-8-13(12-20)19-17(15)18(23)14-6-3-4-7-16(14)24-19/h3-4,6-9,21H,5,10-12,20H2,1-2H3. The Morgan fingerprint density at radius 2 is 1.96 bits per heavy atom. The van der Waals surface area contributed by atoms with E-state index < -0.39 is 0 Å². The minimum absolute atomic E-state index is 0.0877. The minimum atomic E-state index is 0.0877. The fraction of sp³-hybridized carbons (Fsp3) is 0.316. The van der Waals surface area contributed by atoms with Crippen molar-refractivity contribution in [2.75, 3.05) is 32.5 Å². The lowest BCUT2D eigenvalue weighted by atomic mass is 10.1. The van der Waals surface area contributed by atoms with Crippen LogP contribution in [0.2, 0.25) is 0 Å². The topological polar surface area (TPSA) is 58.4 Å². The lowest BCUT2D eigenvalue weighted by molar-refractivity contribution is 0.405. The summed E-state index contributed by atoms with van der Waals surface area (Å²) >= 11 is 1.65. The first-order valence-corrected chi connectivity index (χ1v) is 8.99. The van der Waals surface area contributed by atoms with Crippen LogP contribution >= 0.6 is 11.3 Å². The molecule has 0 aliphatic carbocycles. The van der Waals surface area contributed by atoms with E-state index in [1.807, 2.05) is 36.4 Å². The van der Waals surface area contributed by atoms with E-state index in [4.69, 9.17) is 5.73 Å². The van der Waals surface area contributed by atoms with Crippen molar-refractivity contribution in [1.29, 1.82) is 0 Å². The van der Waals surface area contributed by atoms with Gasteiger partial charge in [0.2, 0.25) is 0 Å². The number of nitrogens with zero attached hydrogens (tertiary/aromatic N) is 1. The summed E-state index contributed by atoms with van der Waals surface area (Å²) in [7, 11) is 4.13. The Morgan fingerprint density at radius 1 is 1.17 bits per heavy atom. The van der Waals surface area contributed by atoms with E-state index in [2.05, 4.69) is 24.3 Å². The largest absolute Gasteiger partial charge is 0.384 e. The van der Waals surface area contributed by atoms with Crippen LogP contribution in [0.5, 0.6) is 0 Å². The van der Waals surface area contributed by atoms with Gasteiger partial charge in [-0.2, -0.15) is 0 Å². The van der Waals surface area contributed by atoms with E-state index in [0.717, 1.165) is 50.9 Å². The van der Waals surface area contributed by atoms with Crippen LogP contribution in [0, 0.1) is 0 Å². The van der Waals surface area contributed by atoms with Gasteiger partial charge in [0.15, 0.2) is 5.43 Å². The van der Waals surface area contributed by atoms with Crippen molar-refractivity contribution in [2.45, 2.75) is 13.0 Å². The van der Waals surface area contributed by atoms with E-state index in [-0.39, 0.29) is 5.43 Å². The van der Waals surface area contributed by atoms with Gasteiger partial charge in [-0.25, -0.2) is 0 Å². The number of benzene rings is 2. The van der Waals surface area contributed by atoms with Crippen molar-refractivity contribution in [1.82, 2.24) is 4.90 Å². The normalized spacial score (nSPS) is 11.5. The predicted molar refractivity (Wildman–Crippen MR) is 105 cm³/mol. The number of fused-ring (bicyclic) bond motifs is 2. The lowest BCUT2D eigenvalue weighted by Crippen LogP contribution is -2.17. The zero-order valence-corrected chi connectivity index (χ0v) is 15.0. The van der Waals surface area contributed by atoms with Gasteiger partial charge in [-0.3, -0.25) is 4.79 Å². The highest BCUT2D eigenvalue weighted by Gasteiger charge is 2.12. The summed E-state index contributed by atoms with van der Waals surface area (Å²) in [6, 6.07) is 11.8. The van der Waals surface area contributed by atoms with E-state index in [1.165, 1.54) is 0 Å². The molecular weight excluding hydrogens is 318 g/mol. The molecule has 0 amide bonds. The van der Waals surface area contributed by atoms with Crippen LogP contribution in [0.15, 0.2) is 41.2 Å². The molecule has 0 atom stereocenters. The molecule has 3 N–H and O–H groups in total. The maximum atomic E-state index is 13.0. The van der Waals surface area contributed by atoms with Crippen LogP contribution in [0.3, 0.4) is 0 Å². The molecule has 5 heteroatoms. The van der Waals surface area contributed by atoms with Crippen molar-refractivity contribution in [3.8, 4) is 0 Å². The number of hydrogen-bond donors (Lipinski definition) is 2. The van der Waals surface area contributed by atoms with Crippen LogP contribution in [-0.4, -0.2) is 32.1 Å². The van der Waals surface area contributed by atoms with Crippen molar-refractivity contribution in [2.24, 2.45) is 5.73 Å². The smallest absolute Gasteiger partial charge is 0.197 e. The Kier molecular flexibility index (Phi) is 5.14. The van der Waals surface area contributed by atoms with Crippen LogP contribution in [0.25, 0.3) is 20.2 Å². The zero-order valence-electron chi connectivity index (χ0n) is 14.1. The molecule has 0 saturated carbocycles. The molecule has 0 spiro atoms. The highest BCUT2D eigenvalue weighted by molar-refractivity contribution is 7.24. The number of nitrogens with two attached hydrogens (primary N) is 1. The Hall–Kier alpha value is -1.95. The summed E-state index contributed by atoms with van der Waals surface area (Å²) in [5, 5.41) is 4.99. The van der Waals surface area contributed by atoms with Crippen LogP contribution in [0.4, 0.5) is 5.69 Å². The summed E-state index contributed by atoms with van der Waals surface area (Å²) in [6.07, 6.45) is 1.03. The second kappa shape index (κ2) is 7.30. The van der Waals surface area contributed by atoms with Gasteiger partial charge >= 0.3 is 0 Å². The number of anilines is 1. The van der Waals surface area contributed by atoms with Gasteiger partial charge in [-0.15, -0.1) is 11.3 Å². The molecule has 2 aromatic carbocycles. The van der Waals surface area contributed by atoms with Crippen molar-refractivity contribution in [3.63, 3.8) is 0 Å². The monoisotopic (exact) mass is 341 g/mol. The van der Waals surface area contributed by atoms with Gasteiger partial charge in [0.25, 0.3) is 0 Å².